The number of phenols is 1. The summed E-state index contributed by atoms with van der Waals surface area (Å²) in [6.45, 7) is 1.96. The van der Waals surface area contributed by atoms with Crippen molar-refractivity contribution in [1.82, 2.24) is 0 Å². The maximum atomic E-state index is 9.88. The van der Waals surface area contributed by atoms with E-state index in [0.717, 1.165) is 23.5 Å². The molecule has 0 amide bonds. The molecule has 0 aliphatic heterocycles. The molecule has 2 rings (SSSR count). The number of anilines is 1. The number of rotatable bonds is 3. The molecule has 3 nitrogen and oxygen atoms in total. The zero-order valence-corrected chi connectivity index (χ0v) is 10.3. The Morgan fingerprint density at radius 1 is 1.44 bits per heavy atom. The third-order valence-corrected chi connectivity index (χ3v) is 3.12. The van der Waals surface area contributed by atoms with Crippen molar-refractivity contribution in [2.75, 3.05) is 5.73 Å². The minimum Gasteiger partial charge on any atom is -0.505 e. The molecule has 1 atom stereocenters. The number of aromatic hydroxyl groups is 1. The van der Waals surface area contributed by atoms with Crippen molar-refractivity contribution in [2.45, 2.75) is 32.2 Å². The molecule has 0 bridgehead atoms. The van der Waals surface area contributed by atoms with Crippen LogP contribution in [0.25, 0.3) is 0 Å². The Morgan fingerprint density at radius 2 is 2.06 bits per heavy atom. The molecule has 1 aromatic rings. The molecule has 1 saturated carbocycles. The highest BCUT2D eigenvalue weighted by molar-refractivity contribution is 5.85. The predicted molar refractivity (Wildman–Crippen MR) is 68.8 cm³/mol. The van der Waals surface area contributed by atoms with Gasteiger partial charge < -0.3 is 16.6 Å². The molecular weight excluding hydrogens is 224 g/mol. The lowest BCUT2D eigenvalue weighted by atomic mass is 9.96. The Hall–Kier alpha value is -0.930. The monoisotopic (exact) mass is 242 g/mol. The van der Waals surface area contributed by atoms with Crippen molar-refractivity contribution in [2.24, 2.45) is 11.7 Å². The van der Waals surface area contributed by atoms with E-state index in [1.807, 2.05) is 13.0 Å². The van der Waals surface area contributed by atoms with Crippen LogP contribution in [0.2, 0.25) is 0 Å². The number of hydrogen-bond donors (Lipinski definition) is 3. The summed E-state index contributed by atoms with van der Waals surface area (Å²) in [5.74, 6) is 0.920. The molecule has 0 unspecified atom stereocenters. The summed E-state index contributed by atoms with van der Waals surface area (Å²) < 4.78 is 0. The van der Waals surface area contributed by atoms with E-state index in [0.29, 0.717) is 5.69 Å². The van der Waals surface area contributed by atoms with Crippen molar-refractivity contribution in [3.8, 4) is 5.75 Å². The van der Waals surface area contributed by atoms with Gasteiger partial charge in [0, 0.05) is 11.6 Å². The van der Waals surface area contributed by atoms with E-state index in [1.54, 1.807) is 6.07 Å². The molecule has 4 heteroatoms. The Kier molecular flexibility index (Phi) is 4.05. The topological polar surface area (TPSA) is 72.3 Å². The lowest BCUT2D eigenvalue weighted by Crippen LogP contribution is -2.13. The van der Waals surface area contributed by atoms with Crippen LogP contribution in [0, 0.1) is 12.8 Å². The lowest BCUT2D eigenvalue weighted by Gasteiger charge is -2.17. The van der Waals surface area contributed by atoms with E-state index in [9.17, 15) is 5.11 Å². The van der Waals surface area contributed by atoms with E-state index in [2.05, 4.69) is 0 Å². The summed E-state index contributed by atoms with van der Waals surface area (Å²) in [6, 6.07) is 3.55. The first kappa shape index (κ1) is 13.1. The van der Waals surface area contributed by atoms with Crippen molar-refractivity contribution >= 4 is 18.1 Å². The molecule has 1 aliphatic carbocycles. The maximum Gasteiger partial charge on any atom is 0.143 e. The summed E-state index contributed by atoms with van der Waals surface area (Å²) in [6.07, 6.45) is 3.50. The third-order valence-electron chi connectivity index (χ3n) is 3.12. The van der Waals surface area contributed by atoms with Gasteiger partial charge in [-0.3, -0.25) is 0 Å². The quantitative estimate of drug-likeness (QED) is 0.563. The average Bonchev–Trinajstić information content (AvgIpc) is 2.96. The van der Waals surface area contributed by atoms with Gasteiger partial charge in [-0.2, -0.15) is 0 Å². The fourth-order valence-electron chi connectivity index (χ4n) is 2.02. The predicted octanol–water partition coefficient (Wildman–Crippen LogP) is 2.50. The molecule has 1 aliphatic rings. The minimum absolute atomic E-state index is 0. The van der Waals surface area contributed by atoms with Crippen molar-refractivity contribution in [3.63, 3.8) is 0 Å². The normalized spacial score (nSPS) is 16.6. The van der Waals surface area contributed by atoms with Gasteiger partial charge in [0.25, 0.3) is 0 Å². The summed E-state index contributed by atoms with van der Waals surface area (Å²) >= 11 is 0. The molecule has 1 fully saturated rings. The molecular formula is C12H19ClN2O. The van der Waals surface area contributed by atoms with E-state index in [4.69, 9.17) is 11.5 Å². The van der Waals surface area contributed by atoms with Crippen LogP contribution in [0.5, 0.6) is 5.75 Å². The molecule has 5 N–H and O–H groups in total. The van der Waals surface area contributed by atoms with Crippen LogP contribution in [-0.4, -0.2) is 5.11 Å². The first-order valence-electron chi connectivity index (χ1n) is 5.43. The van der Waals surface area contributed by atoms with Gasteiger partial charge in [0.05, 0.1) is 5.69 Å². The molecule has 0 aromatic heterocycles. The molecule has 0 saturated heterocycles. The smallest absolute Gasteiger partial charge is 0.143 e. The minimum atomic E-state index is -0.0824. The first-order chi connectivity index (χ1) is 7.09. The number of nitrogen functional groups attached to an aromatic ring is 1. The Labute approximate surface area is 102 Å². The van der Waals surface area contributed by atoms with E-state index < -0.39 is 0 Å². The standard InChI is InChI=1S/C12H18N2O.ClH/c1-7-2-5-9(13)12(15)11(7)10(14)6-8-3-4-8;/h2,5,8,10,15H,3-4,6,13-14H2,1H3;1H/t10-;/m0./s1. The van der Waals surface area contributed by atoms with E-state index in [-0.39, 0.29) is 24.2 Å². The van der Waals surface area contributed by atoms with Crippen LogP contribution in [0.4, 0.5) is 5.69 Å². The van der Waals surface area contributed by atoms with Gasteiger partial charge in [-0.05, 0) is 30.9 Å². The number of hydrogen-bond acceptors (Lipinski definition) is 3. The third kappa shape index (κ3) is 2.60. The van der Waals surface area contributed by atoms with Crippen LogP contribution in [-0.2, 0) is 0 Å². The lowest BCUT2D eigenvalue weighted by molar-refractivity contribution is 0.457. The highest BCUT2D eigenvalue weighted by atomic mass is 35.5. The zero-order valence-electron chi connectivity index (χ0n) is 9.44. The second-order valence-electron chi connectivity index (χ2n) is 4.52. The first-order valence-corrected chi connectivity index (χ1v) is 5.43. The molecule has 1 aromatic carbocycles. The Balaban J connectivity index is 0.00000128. The molecule has 0 radical (unpaired) electrons. The number of aryl methyl sites for hydroxylation is 1. The fraction of sp³-hybridized carbons (Fsp3) is 0.500. The van der Waals surface area contributed by atoms with Crippen LogP contribution in [0.15, 0.2) is 12.1 Å². The van der Waals surface area contributed by atoms with Crippen molar-refractivity contribution < 1.29 is 5.11 Å². The largest absolute Gasteiger partial charge is 0.505 e. The van der Waals surface area contributed by atoms with Gasteiger partial charge in [0.15, 0.2) is 0 Å². The number of phenolic OH excluding ortho intramolecular Hbond substituents is 1. The van der Waals surface area contributed by atoms with Crippen LogP contribution < -0.4 is 11.5 Å². The van der Waals surface area contributed by atoms with Gasteiger partial charge in [-0.1, -0.05) is 18.9 Å². The van der Waals surface area contributed by atoms with E-state index in [1.165, 1.54) is 12.8 Å². The maximum absolute atomic E-state index is 9.88. The zero-order chi connectivity index (χ0) is 11.0. The van der Waals surface area contributed by atoms with Crippen molar-refractivity contribution in [1.29, 1.82) is 0 Å². The SMILES string of the molecule is Cc1ccc(N)c(O)c1[C@@H](N)CC1CC1.Cl. The van der Waals surface area contributed by atoms with Gasteiger partial charge in [0.1, 0.15) is 5.75 Å². The van der Waals surface area contributed by atoms with Crippen molar-refractivity contribution in [3.05, 3.63) is 23.3 Å². The molecule has 16 heavy (non-hydrogen) atoms. The number of nitrogens with two attached hydrogens (primary N) is 2. The second kappa shape index (κ2) is 4.93. The van der Waals surface area contributed by atoms with Crippen LogP contribution in [0.1, 0.15) is 36.4 Å². The van der Waals surface area contributed by atoms with Crippen LogP contribution >= 0.6 is 12.4 Å². The summed E-state index contributed by atoms with van der Waals surface area (Å²) in [5, 5.41) is 9.88. The van der Waals surface area contributed by atoms with Crippen LogP contribution in [0.3, 0.4) is 0 Å². The van der Waals surface area contributed by atoms with E-state index >= 15 is 0 Å². The Bertz CT molecular complexity index is 378. The summed E-state index contributed by atoms with van der Waals surface area (Å²) in [5.41, 5.74) is 14.0. The molecule has 90 valence electrons. The Morgan fingerprint density at radius 3 is 2.62 bits per heavy atom. The molecule has 0 spiro atoms. The van der Waals surface area contributed by atoms with Gasteiger partial charge in [0.2, 0.25) is 0 Å². The summed E-state index contributed by atoms with van der Waals surface area (Å²) in [4.78, 5) is 0. The van der Waals surface area contributed by atoms with Gasteiger partial charge in [-0.25, -0.2) is 0 Å². The molecule has 0 heterocycles. The van der Waals surface area contributed by atoms with Gasteiger partial charge in [-0.15, -0.1) is 12.4 Å². The second-order valence-corrected chi connectivity index (χ2v) is 4.52. The highest BCUT2D eigenvalue weighted by Crippen LogP contribution is 2.40. The number of halogens is 1. The fourth-order valence-corrected chi connectivity index (χ4v) is 2.02. The highest BCUT2D eigenvalue weighted by Gasteiger charge is 2.26. The van der Waals surface area contributed by atoms with Gasteiger partial charge >= 0.3 is 0 Å². The number of benzene rings is 1. The summed E-state index contributed by atoms with van der Waals surface area (Å²) in [7, 11) is 0. The average molecular weight is 243 g/mol.